The number of nitrogens with zero attached hydrogens (tertiary/aromatic N) is 1. The fraction of sp³-hybridized carbons (Fsp3) is 0.647. The summed E-state index contributed by atoms with van der Waals surface area (Å²) < 4.78 is 0. The normalized spacial score (nSPS) is 22.6. The summed E-state index contributed by atoms with van der Waals surface area (Å²) in [5.74, 6) is 0.834. The van der Waals surface area contributed by atoms with Crippen LogP contribution >= 0.6 is 0 Å². The molecule has 1 aromatic carbocycles. The van der Waals surface area contributed by atoms with Gasteiger partial charge in [-0.05, 0) is 42.8 Å². The fourth-order valence-corrected chi connectivity index (χ4v) is 2.93. The van der Waals surface area contributed by atoms with E-state index in [1.54, 1.807) is 0 Å². The van der Waals surface area contributed by atoms with Gasteiger partial charge in [-0.3, -0.25) is 0 Å². The molecule has 2 atom stereocenters. The number of nitrogens with two attached hydrogens (primary N) is 1. The molecule has 0 radical (unpaired) electrons. The van der Waals surface area contributed by atoms with E-state index in [0.29, 0.717) is 5.41 Å². The van der Waals surface area contributed by atoms with Crippen LogP contribution in [0.15, 0.2) is 30.3 Å². The zero-order valence-corrected chi connectivity index (χ0v) is 12.6. The van der Waals surface area contributed by atoms with E-state index in [1.165, 1.54) is 25.1 Å². The number of benzene rings is 1. The van der Waals surface area contributed by atoms with Crippen LogP contribution in [0.5, 0.6) is 0 Å². The first-order valence-electron chi connectivity index (χ1n) is 7.49. The first-order valence-corrected chi connectivity index (χ1v) is 7.49. The minimum Gasteiger partial charge on any atom is -0.324 e. The second-order valence-electron chi connectivity index (χ2n) is 6.96. The first kappa shape index (κ1) is 14.5. The monoisotopic (exact) mass is 260 g/mol. The van der Waals surface area contributed by atoms with Gasteiger partial charge in [0.1, 0.15) is 0 Å². The first-order chi connectivity index (χ1) is 8.97. The molecular weight excluding hydrogens is 232 g/mol. The van der Waals surface area contributed by atoms with Gasteiger partial charge >= 0.3 is 0 Å². The lowest BCUT2D eigenvalue weighted by Crippen LogP contribution is -2.28. The van der Waals surface area contributed by atoms with E-state index in [2.05, 4.69) is 49.9 Å². The highest BCUT2D eigenvalue weighted by Gasteiger charge is 2.31. The van der Waals surface area contributed by atoms with Crippen LogP contribution in [0.3, 0.4) is 0 Å². The highest BCUT2D eigenvalue weighted by Crippen LogP contribution is 2.33. The molecule has 2 heteroatoms. The van der Waals surface area contributed by atoms with Crippen molar-refractivity contribution < 1.29 is 0 Å². The molecule has 0 bridgehead atoms. The minimum absolute atomic E-state index is 0.176. The highest BCUT2D eigenvalue weighted by atomic mass is 15.1. The highest BCUT2D eigenvalue weighted by molar-refractivity contribution is 5.18. The van der Waals surface area contributed by atoms with E-state index in [1.807, 2.05) is 6.07 Å². The molecule has 106 valence electrons. The molecule has 2 nitrogen and oxygen atoms in total. The molecule has 1 aliphatic heterocycles. The maximum atomic E-state index is 6.27. The summed E-state index contributed by atoms with van der Waals surface area (Å²) in [6.45, 7) is 10.7. The minimum atomic E-state index is 0.176. The third kappa shape index (κ3) is 4.05. The quantitative estimate of drug-likeness (QED) is 0.898. The predicted octanol–water partition coefficient (Wildman–Crippen LogP) is 3.44. The van der Waals surface area contributed by atoms with Crippen LogP contribution in [0, 0.1) is 11.3 Å². The zero-order valence-electron chi connectivity index (χ0n) is 12.6. The Labute approximate surface area is 118 Å². The van der Waals surface area contributed by atoms with Gasteiger partial charge in [0.05, 0.1) is 0 Å². The molecule has 1 fully saturated rings. The van der Waals surface area contributed by atoms with Crippen LogP contribution in [0.4, 0.5) is 0 Å². The largest absolute Gasteiger partial charge is 0.324 e. The van der Waals surface area contributed by atoms with Crippen molar-refractivity contribution in [1.82, 2.24) is 4.90 Å². The van der Waals surface area contributed by atoms with Crippen LogP contribution < -0.4 is 5.73 Å². The number of hydrogen-bond acceptors (Lipinski definition) is 2. The average molecular weight is 260 g/mol. The predicted molar refractivity (Wildman–Crippen MR) is 82.0 cm³/mol. The molecule has 1 heterocycles. The number of likely N-dealkylation sites (tertiary alicyclic amines) is 1. The van der Waals surface area contributed by atoms with Crippen LogP contribution in [0.2, 0.25) is 0 Å². The molecule has 1 aliphatic rings. The van der Waals surface area contributed by atoms with Crippen molar-refractivity contribution in [2.75, 3.05) is 19.6 Å². The third-order valence-corrected chi connectivity index (χ3v) is 4.48. The summed E-state index contributed by atoms with van der Waals surface area (Å²) in [6, 6.07) is 10.6. The Kier molecular flexibility index (Phi) is 4.64. The summed E-state index contributed by atoms with van der Waals surface area (Å²) >= 11 is 0. The Morgan fingerprint density at radius 1 is 1.26 bits per heavy atom. The van der Waals surface area contributed by atoms with E-state index >= 15 is 0 Å². The molecule has 2 N–H and O–H groups in total. The Morgan fingerprint density at radius 2 is 1.95 bits per heavy atom. The van der Waals surface area contributed by atoms with Gasteiger partial charge in [0.25, 0.3) is 0 Å². The van der Waals surface area contributed by atoms with Gasteiger partial charge < -0.3 is 10.6 Å². The SMILES string of the molecule is CC(C)(C)C1CCN(CCC(N)c2ccccc2)C1. The van der Waals surface area contributed by atoms with Crippen LogP contribution in [0.25, 0.3) is 0 Å². The zero-order chi connectivity index (χ0) is 13.9. The number of rotatable bonds is 4. The van der Waals surface area contributed by atoms with Gasteiger partial charge in [-0.1, -0.05) is 51.1 Å². The van der Waals surface area contributed by atoms with Gasteiger partial charge in [-0.25, -0.2) is 0 Å². The number of hydrogen-bond donors (Lipinski definition) is 1. The average Bonchev–Trinajstić information content (AvgIpc) is 2.86. The molecular formula is C17H28N2. The lowest BCUT2D eigenvalue weighted by molar-refractivity contribution is 0.226. The van der Waals surface area contributed by atoms with E-state index in [4.69, 9.17) is 5.73 Å². The topological polar surface area (TPSA) is 29.3 Å². The van der Waals surface area contributed by atoms with Crippen LogP contribution in [-0.2, 0) is 0 Å². The van der Waals surface area contributed by atoms with Gasteiger partial charge in [0, 0.05) is 12.6 Å². The van der Waals surface area contributed by atoms with Crippen molar-refractivity contribution in [2.45, 2.75) is 39.7 Å². The van der Waals surface area contributed by atoms with Crippen molar-refractivity contribution in [1.29, 1.82) is 0 Å². The van der Waals surface area contributed by atoms with Crippen molar-refractivity contribution in [3.63, 3.8) is 0 Å². The second kappa shape index (κ2) is 6.06. The van der Waals surface area contributed by atoms with Gasteiger partial charge in [-0.15, -0.1) is 0 Å². The molecule has 0 saturated carbocycles. The maximum absolute atomic E-state index is 6.27. The van der Waals surface area contributed by atoms with Gasteiger partial charge in [0.15, 0.2) is 0 Å². The molecule has 1 aromatic rings. The van der Waals surface area contributed by atoms with E-state index in [-0.39, 0.29) is 6.04 Å². The van der Waals surface area contributed by atoms with E-state index < -0.39 is 0 Å². The summed E-state index contributed by atoms with van der Waals surface area (Å²) in [5.41, 5.74) is 7.97. The van der Waals surface area contributed by atoms with Crippen molar-refractivity contribution in [3.05, 3.63) is 35.9 Å². The van der Waals surface area contributed by atoms with Crippen LogP contribution in [0.1, 0.15) is 45.2 Å². The van der Waals surface area contributed by atoms with Gasteiger partial charge in [-0.2, -0.15) is 0 Å². The summed E-state index contributed by atoms with van der Waals surface area (Å²) in [6.07, 6.45) is 2.39. The maximum Gasteiger partial charge on any atom is 0.0307 e. The smallest absolute Gasteiger partial charge is 0.0307 e. The summed E-state index contributed by atoms with van der Waals surface area (Å²) in [5, 5.41) is 0. The molecule has 1 saturated heterocycles. The Hall–Kier alpha value is -0.860. The molecule has 0 aromatic heterocycles. The summed E-state index contributed by atoms with van der Waals surface area (Å²) in [4.78, 5) is 2.58. The van der Waals surface area contributed by atoms with Crippen molar-refractivity contribution in [2.24, 2.45) is 17.1 Å². The van der Waals surface area contributed by atoms with E-state index in [9.17, 15) is 0 Å². The van der Waals surface area contributed by atoms with Gasteiger partial charge in [0.2, 0.25) is 0 Å². The molecule has 0 aliphatic carbocycles. The van der Waals surface area contributed by atoms with Crippen molar-refractivity contribution in [3.8, 4) is 0 Å². The van der Waals surface area contributed by atoms with E-state index in [0.717, 1.165) is 18.9 Å². The molecule has 2 unspecified atom stereocenters. The lowest BCUT2D eigenvalue weighted by atomic mass is 9.80. The second-order valence-corrected chi connectivity index (χ2v) is 6.96. The standard InChI is InChI=1S/C17H28N2/c1-17(2,3)15-9-11-19(13-15)12-10-16(18)14-7-5-4-6-8-14/h4-8,15-16H,9-13,18H2,1-3H3. The summed E-state index contributed by atoms with van der Waals surface area (Å²) in [7, 11) is 0. The molecule has 0 spiro atoms. The Bertz CT molecular complexity index is 380. The molecule has 0 amide bonds. The van der Waals surface area contributed by atoms with Crippen LogP contribution in [-0.4, -0.2) is 24.5 Å². The molecule has 2 rings (SSSR count). The fourth-order valence-electron chi connectivity index (χ4n) is 2.93. The Balaban J connectivity index is 1.78. The third-order valence-electron chi connectivity index (χ3n) is 4.48. The van der Waals surface area contributed by atoms with Crippen molar-refractivity contribution >= 4 is 0 Å². The Morgan fingerprint density at radius 3 is 2.53 bits per heavy atom. The lowest BCUT2D eigenvalue weighted by Gasteiger charge is -2.27. The molecule has 19 heavy (non-hydrogen) atoms.